The molecule has 0 saturated heterocycles. The van der Waals surface area contributed by atoms with E-state index in [1.54, 1.807) is 0 Å². The van der Waals surface area contributed by atoms with E-state index in [0.29, 0.717) is 18.4 Å². The van der Waals surface area contributed by atoms with Crippen molar-refractivity contribution < 1.29 is 19.1 Å². The quantitative estimate of drug-likeness (QED) is 0.782. The summed E-state index contributed by atoms with van der Waals surface area (Å²) in [6, 6.07) is 2.63. The Labute approximate surface area is 109 Å². The minimum atomic E-state index is -1.22. The van der Waals surface area contributed by atoms with Gasteiger partial charge >= 0.3 is 12.0 Å². The second-order valence-corrected chi connectivity index (χ2v) is 4.80. The van der Waals surface area contributed by atoms with Gasteiger partial charge in [0, 0.05) is 6.54 Å². The Hall–Kier alpha value is -2.11. The van der Waals surface area contributed by atoms with Crippen LogP contribution in [0.5, 0.6) is 0 Å². The summed E-state index contributed by atoms with van der Waals surface area (Å²) in [5.41, 5.74) is -0.190. The molecular formula is C13H15FN2O3. The highest BCUT2D eigenvalue weighted by Gasteiger charge is 2.32. The fourth-order valence-corrected chi connectivity index (χ4v) is 1.88. The van der Waals surface area contributed by atoms with Crippen LogP contribution in [0.25, 0.3) is 0 Å². The summed E-state index contributed by atoms with van der Waals surface area (Å²) in [7, 11) is 0. The maximum absolute atomic E-state index is 13.1. The molecule has 102 valence electrons. The van der Waals surface area contributed by atoms with Gasteiger partial charge in [-0.05, 0) is 36.5 Å². The summed E-state index contributed by atoms with van der Waals surface area (Å²) in [5, 5.41) is 13.9. The maximum atomic E-state index is 13.1. The molecule has 1 aliphatic rings. The van der Waals surface area contributed by atoms with Gasteiger partial charge in [-0.1, -0.05) is 6.92 Å². The molecule has 1 saturated carbocycles. The summed E-state index contributed by atoms with van der Waals surface area (Å²) in [6.07, 6.45) is 1.08. The normalized spacial score (nSPS) is 20.7. The number of carbonyl (C=O) groups excluding carboxylic acids is 1. The molecule has 0 radical (unpaired) electrons. The second kappa shape index (κ2) is 5.26. The first-order valence-electron chi connectivity index (χ1n) is 6.05. The lowest BCUT2D eigenvalue weighted by atomic mass is 10.2. The predicted octanol–water partition coefficient (Wildman–Crippen LogP) is 2.30. The number of carbonyl (C=O) groups is 2. The fourth-order valence-electron chi connectivity index (χ4n) is 1.88. The summed E-state index contributed by atoms with van der Waals surface area (Å²) < 4.78 is 13.1. The van der Waals surface area contributed by atoms with Crippen LogP contribution >= 0.6 is 0 Å². The van der Waals surface area contributed by atoms with Crippen LogP contribution in [0.15, 0.2) is 18.2 Å². The van der Waals surface area contributed by atoms with Crippen LogP contribution in [0.3, 0.4) is 0 Å². The van der Waals surface area contributed by atoms with Crippen molar-refractivity contribution in [3.05, 3.63) is 29.6 Å². The predicted molar refractivity (Wildman–Crippen MR) is 67.7 cm³/mol. The molecule has 1 aliphatic carbocycles. The zero-order chi connectivity index (χ0) is 14.0. The third kappa shape index (κ3) is 3.43. The van der Waals surface area contributed by atoms with E-state index in [4.69, 9.17) is 5.11 Å². The van der Waals surface area contributed by atoms with Crippen LogP contribution < -0.4 is 10.6 Å². The van der Waals surface area contributed by atoms with Crippen LogP contribution in [0, 0.1) is 17.7 Å². The molecule has 3 N–H and O–H groups in total. The van der Waals surface area contributed by atoms with Crippen molar-refractivity contribution in [3.63, 3.8) is 0 Å². The highest BCUT2D eigenvalue weighted by atomic mass is 19.1. The molecular weight excluding hydrogens is 251 g/mol. The monoisotopic (exact) mass is 266 g/mol. The molecule has 2 amide bonds. The number of amides is 2. The number of carboxylic acid groups (broad SMARTS) is 1. The van der Waals surface area contributed by atoms with Gasteiger partial charge in [0.15, 0.2) is 0 Å². The van der Waals surface area contributed by atoms with Gasteiger partial charge in [0.1, 0.15) is 5.82 Å². The SMILES string of the molecule is CC1CC1CNC(=O)Nc1cc(F)ccc1C(=O)O. The smallest absolute Gasteiger partial charge is 0.337 e. The van der Waals surface area contributed by atoms with E-state index in [9.17, 15) is 14.0 Å². The van der Waals surface area contributed by atoms with Crippen molar-refractivity contribution in [2.45, 2.75) is 13.3 Å². The third-order valence-electron chi connectivity index (χ3n) is 3.26. The molecule has 6 heteroatoms. The van der Waals surface area contributed by atoms with Gasteiger partial charge in [0.05, 0.1) is 11.3 Å². The van der Waals surface area contributed by atoms with E-state index in [1.165, 1.54) is 0 Å². The lowest BCUT2D eigenvalue weighted by Gasteiger charge is -2.09. The van der Waals surface area contributed by atoms with E-state index >= 15 is 0 Å². The molecule has 0 bridgehead atoms. The van der Waals surface area contributed by atoms with Crippen molar-refractivity contribution in [2.75, 3.05) is 11.9 Å². The van der Waals surface area contributed by atoms with E-state index < -0.39 is 17.8 Å². The average Bonchev–Trinajstić information content (AvgIpc) is 3.02. The Morgan fingerprint density at radius 1 is 1.47 bits per heavy atom. The molecule has 2 unspecified atom stereocenters. The van der Waals surface area contributed by atoms with Crippen LogP contribution in [0.4, 0.5) is 14.9 Å². The molecule has 1 aromatic carbocycles. The lowest BCUT2D eigenvalue weighted by molar-refractivity contribution is 0.0698. The van der Waals surface area contributed by atoms with Gasteiger partial charge < -0.3 is 15.7 Å². The summed E-state index contributed by atoms with van der Waals surface area (Å²) in [4.78, 5) is 22.5. The van der Waals surface area contributed by atoms with Gasteiger partial charge in [0.25, 0.3) is 0 Å². The number of nitrogens with one attached hydrogen (secondary N) is 2. The van der Waals surface area contributed by atoms with Crippen molar-refractivity contribution in [2.24, 2.45) is 11.8 Å². The fraction of sp³-hybridized carbons (Fsp3) is 0.385. The summed E-state index contributed by atoms with van der Waals surface area (Å²) in [5.74, 6) is -0.719. The minimum absolute atomic E-state index is 0.0474. The summed E-state index contributed by atoms with van der Waals surface area (Å²) >= 11 is 0. The Kier molecular flexibility index (Phi) is 3.69. The maximum Gasteiger partial charge on any atom is 0.337 e. The largest absolute Gasteiger partial charge is 0.478 e. The Balaban J connectivity index is 1.98. The zero-order valence-electron chi connectivity index (χ0n) is 10.4. The number of carboxylic acids is 1. The third-order valence-corrected chi connectivity index (χ3v) is 3.26. The molecule has 2 atom stereocenters. The molecule has 0 aromatic heterocycles. The van der Waals surface area contributed by atoms with Crippen LogP contribution in [0.1, 0.15) is 23.7 Å². The van der Waals surface area contributed by atoms with Crippen LogP contribution in [-0.2, 0) is 0 Å². The molecule has 0 spiro atoms. The number of hydrogen-bond acceptors (Lipinski definition) is 2. The number of rotatable bonds is 4. The topological polar surface area (TPSA) is 78.4 Å². The van der Waals surface area contributed by atoms with E-state index in [-0.39, 0.29) is 11.3 Å². The van der Waals surface area contributed by atoms with Crippen molar-refractivity contribution in [1.29, 1.82) is 0 Å². The van der Waals surface area contributed by atoms with Crippen molar-refractivity contribution >= 4 is 17.7 Å². The number of aromatic carboxylic acids is 1. The number of benzene rings is 1. The zero-order valence-corrected chi connectivity index (χ0v) is 10.4. The van der Waals surface area contributed by atoms with E-state index in [0.717, 1.165) is 24.6 Å². The molecule has 0 heterocycles. The first kappa shape index (κ1) is 13.3. The van der Waals surface area contributed by atoms with Gasteiger partial charge in [0.2, 0.25) is 0 Å². The number of urea groups is 1. The van der Waals surface area contributed by atoms with E-state index in [2.05, 4.69) is 17.6 Å². The summed E-state index contributed by atoms with van der Waals surface area (Å²) in [6.45, 7) is 2.64. The number of hydrogen-bond donors (Lipinski definition) is 3. The van der Waals surface area contributed by atoms with Crippen molar-refractivity contribution in [1.82, 2.24) is 5.32 Å². The van der Waals surface area contributed by atoms with Gasteiger partial charge in [-0.3, -0.25) is 0 Å². The number of anilines is 1. The standard InChI is InChI=1S/C13H15FN2O3/c1-7-4-8(7)6-15-13(19)16-11-5-9(14)2-3-10(11)12(17)18/h2-3,5,7-8H,4,6H2,1H3,(H,17,18)(H2,15,16,19). The van der Waals surface area contributed by atoms with Crippen LogP contribution in [0.2, 0.25) is 0 Å². The Morgan fingerprint density at radius 3 is 2.74 bits per heavy atom. The number of halogens is 1. The molecule has 19 heavy (non-hydrogen) atoms. The van der Waals surface area contributed by atoms with Crippen LogP contribution in [-0.4, -0.2) is 23.7 Å². The van der Waals surface area contributed by atoms with Gasteiger partial charge in [-0.25, -0.2) is 14.0 Å². The molecule has 1 aromatic rings. The average molecular weight is 266 g/mol. The molecule has 0 aliphatic heterocycles. The molecule has 5 nitrogen and oxygen atoms in total. The second-order valence-electron chi connectivity index (χ2n) is 4.80. The first-order chi connectivity index (χ1) is 8.97. The Bertz CT molecular complexity index is 519. The molecule has 2 rings (SSSR count). The molecule has 1 fully saturated rings. The minimum Gasteiger partial charge on any atom is -0.478 e. The van der Waals surface area contributed by atoms with E-state index in [1.807, 2.05) is 0 Å². The lowest BCUT2D eigenvalue weighted by Crippen LogP contribution is -2.31. The highest BCUT2D eigenvalue weighted by Crippen LogP contribution is 2.36. The first-order valence-corrected chi connectivity index (χ1v) is 6.05. The highest BCUT2D eigenvalue weighted by molar-refractivity contribution is 5.99. The Morgan fingerprint density at radius 2 is 2.16 bits per heavy atom. The van der Waals surface area contributed by atoms with Gasteiger partial charge in [-0.2, -0.15) is 0 Å². The van der Waals surface area contributed by atoms with Crippen molar-refractivity contribution in [3.8, 4) is 0 Å². The van der Waals surface area contributed by atoms with Gasteiger partial charge in [-0.15, -0.1) is 0 Å².